The van der Waals surface area contributed by atoms with Crippen molar-refractivity contribution in [1.29, 1.82) is 0 Å². The van der Waals surface area contributed by atoms with Crippen molar-refractivity contribution in [1.82, 2.24) is 9.97 Å². The Morgan fingerprint density at radius 2 is 2.00 bits per heavy atom. The predicted molar refractivity (Wildman–Crippen MR) is 111 cm³/mol. The number of fused-ring (bicyclic) bond motifs is 3. The first-order chi connectivity index (χ1) is 12.8. The molecule has 1 aliphatic rings. The molecule has 0 radical (unpaired) electrons. The number of aromatic nitrogens is 2. The number of nitrogens with one attached hydrogen (secondary N) is 1. The number of H-pyrrole nitrogens is 1. The minimum atomic E-state index is 0.00946. The summed E-state index contributed by atoms with van der Waals surface area (Å²) >= 11 is 1.71. The first-order valence-corrected chi connectivity index (χ1v) is 10.3. The molecule has 1 aliphatic carbocycles. The highest BCUT2D eigenvalue weighted by Crippen LogP contribution is 2.42. The molecule has 0 amide bonds. The second-order valence-electron chi connectivity index (χ2n) is 8.53. The number of hydrogen-bond donors (Lipinski definition) is 1. The topological polar surface area (TPSA) is 55.0 Å². The number of methoxy groups -OCH3 is 1. The van der Waals surface area contributed by atoms with Gasteiger partial charge in [-0.05, 0) is 53.9 Å². The minimum Gasteiger partial charge on any atom is -0.497 e. The summed E-state index contributed by atoms with van der Waals surface area (Å²) in [5.41, 5.74) is 2.65. The van der Waals surface area contributed by atoms with E-state index in [0.29, 0.717) is 17.8 Å². The number of benzene rings is 1. The molecule has 4 rings (SSSR count). The number of rotatable bonds is 3. The van der Waals surface area contributed by atoms with Gasteiger partial charge < -0.3 is 9.72 Å². The lowest BCUT2D eigenvalue weighted by atomic mass is 9.72. The quantitative estimate of drug-likeness (QED) is 0.712. The van der Waals surface area contributed by atoms with Crippen LogP contribution in [0.1, 0.15) is 49.0 Å². The van der Waals surface area contributed by atoms with Gasteiger partial charge in [0, 0.05) is 11.3 Å². The van der Waals surface area contributed by atoms with Crippen molar-refractivity contribution in [2.45, 2.75) is 46.5 Å². The van der Waals surface area contributed by atoms with Gasteiger partial charge in [-0.15, -0.1) is 11.3 Å². The highest BCUT2D eigenvalue weighted by Gasteiger charge is 2.31. The van der Waals surface area contributed by atoms with Crippen LogP contribution in [0, 0.1) is 11.3 Å². The van der Waals surface area contributed by atoms with Crippen molar-refractivity contribution in [3.05, 3.63) is 56.4 Å². The third-order valence-electron chi connectivity index (χ3n) is 5.72. The second kappa shape index (κ2) is 6.79. The van der Waals surface area contributed by atoms with E-state index < -0.39 is 0 Å². The predicted octanol–water partition coefficient (Wildman–Crippen LogP) is 4.74. The minimum absolute atomic E-state index is 0.00946. The van der Waals surface area contributed by atoms with Gasteiger partial charge in [0.05, 0.1) is 12.5 Å². The molecular weight excluding hydrogens is 356 g/mol. The maximum Gasteiger partial charge on any atom is 0.259 e. The Morgan fingerprint density at radius 3 is 2.67 bits per heavy atom. The number of ether oxygens (including phenoxy) is 1. The first kappa shape index (κ1) is 18.2. The zero-order valence-electron chi connectivity index (χ0n) is 16.4. The van der Waals surface area contributed by atoms with E-state index in [1.165, 1.54) is 10.4 Å². The van der Waals surface area contributed by atoms with Crippen LogP contribution in [0.5, 0.6) is 5.75 Å². The highest BCUT2D eigenvalue weighted by atomic mass is 32.1. The van der Waals surface area contributed by atoms with Crippen molar-refractivity contribution in [3.8, 4) is 5.75 Å². The van der Waals surface area contributed by atoms with Gasteiger partial charge in [-0.2, -0.15) is 0 Å². The smallest absolute Gasteiger partial charge is 0.259 e. The van der Waals surface area contributed by atoms with Gasteiger partial charge >= 0.3 is 0 Å². The van der Waals surface area contributed by atoms with Crippen molar-refractivity contribution >= 4 is 21.6 Å². The molecule has 2 aromatic heterocycles. The molecule has 142 valence electrons. The summed E-state index contributed by atoms with van der Waals surface area (Å²) in [6, 6.07) is 7.89. The molecule has 0 spiro atoms. The van der Waals surface area contributed by atoms with Gasteiger partial charge in [0.1, 0.15) is 16.4 Å². The highest BCUT2D eigenvalue weighted by molar-refractivity contribution is 7.18. The lowest BCUT2D eigenvalue weighted by Crippen LogP contribution is -2.26. The summed E-state index contributed by atoms with van der Waals surface area (Å²) < 4.78 is 5.20. The molecule has 0 fully saturated rings. The summed E-state index contributed by atoms with van der Waals surface area (Å²) in [4.78, 5) is 22.9. The third-order valence-corrected chi connectivity index (χ3v) is 6.87. The maximum atomic E-state index is 12.8. The Balaban J connectivity index is 1.67. The Labute approximate surface area is 163 Å². The van der Waals surface area contributed by atoms with E-state index in [9.17, 15) is 4.79 Å². The molecule has 1 unspecified atom stereocenters. The van der Waals surface area contributed by atoms with Crippen LogP contribution in [-0.4, -0.2) is 17.1 Å². The molecule has 0 aliphatic heterocycles. The SMILES string of the molecule is COc1ccc(Cc2nc3sc4c(c3c(=O)[nH]2)CCC(C(C)(C)C)C4)cc1. The zero-order valence-corrected chi connectivity index (χ0v) is 17.2. The summed E-state index contributed by atoms with van der Waals surface area (Å²) in [7, 11) is 1.66. The van der Waals surface area contributed by atoms with Crippen LogP contribution in [0.15, 0.2) is 29.1 Å². The van der Waals surface area contributed by atoms with Crippen LogP contribution >= 0.6 is 11.3 Å². The number of nitrogens with zero attached hydrogens (tertiary/aromatic N) is 1. The lowest BCUT2D eigenvalue weighted by molar-refractivity contribution is 0.218. The summed E-state index contributed by atoms with van der Waals surface area (Å²) in [5, 5.41) is 0.820. The van der Waals surface area contributed by atoms with Crippen LogP contribution in [0.25, 0.3) is 10.2 Å². The summed E-state index contributed by atoms with van der Waals surface area (Å²) in [6.45, 7) is 6.94. The molecule has 1 N–H and O–H groups in total. The number of thiophene rings is 1. The standard InChI is InChI=1S/C22H26N2O2S/c1-22(2,3)14-7-10-16-17(12-14)27-21-19(16)20(25)23-18(24-21)11-13-5-8-15(26-4)9-6-13/h5-6,8-9,14H,7,10-12H2,1-4H3,(H,23,24,25). The summed E-state index contributed by atoms with van der Waals surface area (Å²) in [5.74, 6) is 2.22. The van der Waals surface area contributed by atoms with Gasteiger partial charge in [-0.1, -0.05) is 32.9 Å². The number of aromatic amines is 1. The van der Waals surface area contributed by atoms with Crippen molar-refractivity contribution in [3.63, 3.8) is 0 Å². The van der Waals surface area contributed by atoms with Crippen LogP contribution in [-0.2, 0) is 19.3 Å². The van der Waals surface area contributed by atoms with E-state index in [1.54, 1.807) is 18.4 Å². The van der Waals surface area contributed by atoms with Gasteiger partial charge in [0.2, 0.25) is 0 Å². The largest absolute Gasteiger partial charge is 0.497 e. The van der Waals surface area contributed by atoms with E-state index in [0.717, 1.165) is 46.6 Å². The molecule has 0 bridgehead atoms. The molecule has 5 heteroatoms. The van der Waals surface area contributed by atoms with Crippen LogP contribution in [0.4, 0.5) is 0 Å². The van der Waals surface area contributed by atoms with Gasteiger partial charge in [0.15, 0.2) is 0 Å². The van der Waals surface area contributed by atoms with Crippen molar-refractivity contribution in [2.75, 3.05) is 7.11 Å². The average Bonchev–Trinajstić information content (AvgIpc) is 2.99. The Kier molecular flexibility index (Phi) is 4.58. The van der Waals surface area contributed by atoms with E-state index in [1.807, 2.05) is 24.3 Å². The zero-order chi connectivity index (χ0) is 19.2. The molecule has 1 aromatic carbocycles. The molecule has 0 saturated heterocycles. The van der Waals surface area contributed by atoms with Crippen molar-refractivity contribution < 1.29 is 4.74 Å². The van der Waals surface area contributed by atoms with Gasteiger partial charge in [-0.3, -0.25) is 4.79 Å². The van der Waals surface area contributed by atoms with Crippen LogP contribution in [0.2, 0.25) is 0 Å². The fourth-order valence-corrected chi connectivity index (χ4v) is 5.31. The number of aryl methyl sites for hydroxylation is 1. The van der Waals surface area contributed by atoms with E-state index >= 15 is 0 Å². The average molecular weight is 383 g/mol. The lowest BCUT2D eigenvalue weighted by Gasteiger charge is -2.33. The molecule has 27 heavy (non-hydrogen) atoms. The van der Waals surface area contributed by atoms with E-state index in [-0.39, 0.29) is 5.56 Å². The molecule has 2 heterocycles. The van der Waals surface area contributed by atoms with Gasteiger partial charge in [-0.25, -0.2) is 4.98 Å². The van der Waals surface area contributed by atoms with Gasteiger partial charge in [0.25, 0.3) is 5.56 Å². The molecule has 0 saturated carbocycles. The van der Waals surface area contributed by atoms with E-state index in [2.05, 4.69) is 25.8 Å². The summed E-state index contributed by atoms with van der Waals surface area (Å²) in [6.07, 6.45) is 3.81. The monoisotopic (exact) mass is 382 g/mol. The molecule has 1 atom stereocenters. The fraction of sp³-hybridized carbons (Fsp3) is 0.455. The number of hydrogen-bond acceptors (Lipinski definition) is 4. The van der Waals surface area contributed by atoms with Crippen molar-refractivity contribution in [2.24, 2.45) is 11.3 Å². The third kappa shape index (κ3) is 3.53. The van der Waals surface area contributed by atoms with Crippen LogP contribution < -0.4 is 10.3 Å². The Hall–Kier alpha value is -2.14. The Morgan fingerprint density at radius 1 is 1.26 bits per heavy atom. The first-order valence-electron chi connectivity index (χ1n) is 9.51. The van der Waals surface area contributed by atoms with E-state index in [4.69, 9.17) is 9.72 Å². The second-order valence-corrected chi connectivity index (χ2v) is 9.61. The maximum absolute atomic E-state index is 12.8. The normalized spacial score (nSPS) is 17.1. The molecular formula is C22H26N2O2S. The fourth-order valence-electron chi connectivity index (χ4n) is 3.99. The molecule has 4 nitrogen and oxygen atoms in total. The Bertz CT molecular complexity index is 1030. The van der Waals surface area contributed by atoms with Crippen LogP contribution in [0.3, 0.4) is 0 Å². The molecule has 3 aromatic rings.